The van der Waals surface area contributed by atoms with E-state index in [1.807, 2.05) is 0 Å². The van der Waals surface area contributed by atoms with Gasteiger partial charge in [-0.25, -0.2) is 8.42 Å². The fourth-order valence-corrected chi connectivity index (χ4v) is 4.47. The average molecular weight is 450 g/mol. The maximum absolute atomic E-state index is 12.6. The molecule has 2 rings (SSSR count). The van der Waals surface area contributed by atoms with Gasteiger partial charge in [0.25, 0.3) is 0 Å². The molecular weight excluding hydrogens is 431 g/mol. The Labute approximate surface area is 174 Å². The summed E-state index contributed by atoms with van der Waals surface area (Å²) in [5, 5.41) is 3.65. The van der Waals surface area contributed by atoms with Gasteiger partial charge in [0.1, 0.15) is 0 Å². The normalized spacial score (nSPS) is 11.6. The van der Waals surface area contributed by atoms with Gasteiger partial charge in [-0.2, -0.15) is 4.31 Å². The molecule has 27 heavy (non-hydrogen) atoms. The molecule has 0 unspecified atom stereocenters. The highest BCUT2D eigenvalue weighted by atomic mass is 35.5. The molecule has 1 N–H and O–H groups in total. The van der Waals surface area contributed by atoms with Crippen LogP contribution in [0.1, 0.15) is 19.4 Å². The minimum absolute atomic E-state index is 0.0419. The van der Waals surface area contributed by atoms with E-state index in [0.717, 1.165) is 0 Å². The van der Waals surface area contributed by atoms with Gasteiger partial charge in [-0.1, -0.05) is 54.7 Å². The molecule has 2 aromatic rings. The molecule has 9 heteroatoms. The van der Waals surface area contributed by atoms with E-state index in [2.05, 4.69) is 5.32 Å². The van der Waals surface area contributed by atoms with Crippen LogP contribution in [0.4, 0.5) is 5.69 Å². The van der Waals surface area contributed by atoms with Crippen molar-refractivity contribution >= 4 is 56.4 Å². The van der Waals surface area contributed by atoms with Crippen LogP contribution in [0, 0.1) is 0 Å². The summed E-state index contributed by atoms with van der Waals surface area (Å²) in [6.45, 7) is 4.22. The molecule has 146 valence electrons. The maximum Gasteiger partial charge on any atom is 0.243 e. The third-order valence-electron chi connectivity index (χ3n) is 3.90. The molecule has 0 fully saturated rings. The fraction of sp³-hybridized carbons (Fsp3) is 0.278. The second kappa shape index (κ2) is 9.26. The lowest BCUT2D eigenvalue weighted by Crippen LogP contribution is -2.30. The minimum atomic E-state index is -3.65. The van der Waals surface area contributed by atoms with E-state index in [4.69, 9.17) is 34.8 Å². The van der Waals surface area contributed by atoms with Gasteiger partial charge in [0.2, 0.25) is 15.9 Å². The van der Waals surface area contributed by atoms with Gasteiger partial charge in [-0.3, -0.25) is 4.79 Å². The van der Waals surface area contributed by atoms with Crippen LogP contribution in [0.5, 0.6) is 0 Å². The van der Waals surface area contributed by atoms with Crippen molar-refractivity contribution in [2.45, 2.75) is 25.2 Å². The highest BCUT2D eigenvalue weighted by Crippen LogP contribution is 2.28. The first kappa shape index (κ1) is 22.0. The zero-order chi connectivity index (χ0) is 20.2. The predicted octanol–water partition coefficient (Wildman–Crippen LogP) is 4.86. The van der Waals surface area contributed by atoms with E-state index in [1.54, 1.807) is 32.0 Å². The Morgan fingerprint density at radius 3 is 2.19 bits per heavy atom. The highest BCUT2D eigenvalue weighted by Gasteiger charge is 2.22. The first-order valence-corrected chi connectivity index (χ1v) is 10.8. The third kappa shape index (κ3) is 5.36. The zero-order valence-corrected chi connectivity index (χ0v) is 17.9. The molecule has 1 amide bonds. The summed E-state index contributed by atoms with van der Waals surface area (Å²) < 4.78 is 26.6. The summed E-state index contributed by atoms with van der Waals surface area (Å²) in [4.78, 5) is 12.4. The van der Waals surface area contributed by atoms with Gasteiger partial charge in [0.05, 0.1) is 32.1 Å². The van der Waals surface area contributed by atoms with E-state index in [-0.39, 0.29) is 27.9 Å². The number of hydrogen-bond donors (Lipinski definition) is 1. The Kier molecular flexibility index (Phi) is 7.54. The molecule has 0 aliphatic heterocycles. The molecule has 0 aliphatic carbocycles. The van der Waals surface area contributed by atoms with E-state index < -0.39 is 10.0 Å². The second-order valence-corrected chi connectivity index (χ2v) is 8.86. The van der Waals surface area contributed by atoms with Gasteiger partial charge in [0, 0.05) is 13.1 Å². The third-order valence-corrected chi connectivity index (χ3v) is 7.02. The Balaban J connectivity index is 2.23. The number of hydrogen-bond acceptors (Lipinski definition) is 3. The summed E-state index contributed by atoms with van der Waals surface area (Å²) in [5.41, 5.74) is 0.903. The minimum Gasteiger partial charge on any atom is -0.324 e. The lowest BCUT2D eigenvalue weighted by molar-refractivity contribution is -0.115. The van der Waals surface area contributed by atoms with Crippen molar-refractivity contribution in [1.82, 2.24) is 4.31 Å². The number of carbonyl (C=O) groups excluding carboxylic acids is 1. The van der Waals surface area contributed by atoms with E-state index >= 15 is 0 Å². The Bertz CT molecular complexity index is 945. The average Bonchev–Trinajstić information content (AvgIpc) is 2.60. The predicted molar refractivity (Wildman–Crippen MR) is 110 cm³/mol. The molecule has 0 aliphatic rings. The molecular formula is C18H19Cl3N2O3S. The van der Waals surface area contributed by atoms with E-state index in [1.165, 1.54) is 22.5 Å². The molecule has 0 saturated carbocycles. The number of halogens is 3. The van der Waals surface area contributed by atoms with Gasteiger partial charge in [-0.05, 0) is 35.9 Å². The maximum atomic E-state index is 12.6. The van der Waals surface area contributed by atoms with Crippen LogP contribution < -0.4 is 5.32 Å². The Hall–Kier alpha value is -1.31. The van der Waals surface area contributed by atoms with Crippen molar-refractivity contribution in [1.29, 1.82) is 0 Å². The van der Waals surface area contributed by atoms with Gasteiger partial charge < -0.3 is 5.32 Å². The quantitative estimate of drug-likeness (QED) is 0.656. The first-order valence-electron chi connectivity index (χ1n) is 8.22. The highest BCUT2D eigenvalue weighted by molar-refractivity contribution is 7.89. The molecule has 2 aromatic carbocycles. The summed E-state index contributed by atoms with van der Waals surface area (Å²) in [6, 6.07) is 9.14. The van der Waals surface area contributed by atoms with Gasteiger partial charge in [-0.15, -0.1) is 0 Å². The SMILES string of the molecule is CCN(CC)S(=O)(=O)c1ccc(Cl)c(NC(=O)Cc2ccc(Cl)c(Cl)c2)c1. The number of nitrogens with one attached hydrogen (secondary N) is 1. The van der Waals surface area contributed by atoms with Crippen LogP contribution in [0.15, 0.2) is 41.3 Å². The fourth-order valence-electron chi connectivity index (χ4n) is 2.50. The summed E-state index contributed by atoms with van der Waals surface area (Å²) in [7, 11) is -3.65. The van der Waals surface area contributed by atoms with E-state index in [9.17, 15) is 13.2 Å². The van der Waals surface area contributed by atoms with Crippen LogP contribution in [-0.2, 0) is 21.2 Å². The van der Waals surface area contributed by atoms with Crippen LogP contribution >= 0.6 is 34.8 Å². The molecule has 0 radical (unpaired) electrons. The number of rotatable bonds is 7. The molecule has 0 spiro atoms. The molecule has 0 atom stereocenters. The smallest absolute Gasteiger partial charge is 0.243 e. The summed E-state index contributed by atoms with van der Waals surface area (Å²) in [5.74, 6) is -0.354. The van der Waals surface area contributed by atoms with Crippen LogP contribution in [-0.4, -0.2) is 31.7 Å². The standard InChI is InChI=1S/C18H19Cl3N2O3S/c1-3-23(4-2)27(25,26)13-6-8-15(20)17(11-13)22-18(24)10-12-5-7-14(19)16(21)9-12/h5-9,11H,3-4,10H2,1-2H3,(H,22,24). The van der Waals surface area contributed by atoms with Crippen molar-refractivity contribution in [3.63, 3.8) is 0 Å². The number of sulfonamides is 1. The Morgan fingerprint density at radius 2 is 1.59 bits per heavy atom. The van der Waals surface area contributed by atoms with Gasteiger partial charge in [0.15, 0.2) is 0 Å². The van der Waals surface area contributed by atoms with Crippen LogP contribution in [0.3, 0.4) is 0 Å². The number of nitrogens with zero attached hydrogens (tertiary/aromatic N) is 1. The van der Waals surface area contributed by atoms with Crippen molar-refractivity contribution in [3.8, 4) is 0 Å². The van der Waals surface area contributed by atoms with Gasteiger partial charge >= 0.3 is 0 Å². The van der Waals surface area contributed by atoms with Crippen molar-refractivity contribution in [2.24, 2.45) is 0 Å². The molecule has 0 heterocycles. The molecule has 5 nitrogen and oxygen atoms in total. The molecule has 0 saturated heterocycles. The van der Waals surface area contributed by atoms with Crippen LogP contribution in [0.2, 0.25) is 15.1 Å². The van der Waals surface area contributed by atoms with Crippen molar-refractivity contribution < 1.29 is 13.2 Å². The van der Waals surface area contributed by atoms with Crippen molar-refractivity contribution in [3.05, 3.63) is 57.0 Å². The zero-order valence-electron chi connectivity index (χ0n) is 14.8. The number of benzene rings is 2. The lowest BCUT2D eigenvalue weighted by atomic mass is 10.1. The number of carbonyl (C=O) groups is 1. The van der Waals surface area contributed by atoms with Crippen molar-refractivity contribution in [2.75, 3.05) is 18.4 Å². The molecule has 0 aromatic heterocycles. The van der Waals surface area contributed by atoms with E-state index in [0.29, 0.717) is 28.7 Å². The second-order valence-electron chi connectivity index (χ2n) is 5.70. The Morgan fingerprint density at radius 1 is 0.963 bits per heavy atom. The number of amides is 1. The monoisotopic (exact) mass is 448 g/mol. The first-order chi connectivity index (χ1) is 12.7. The number of anilines is 1. The summed E-state index contributed by atoms with van der Waals surface area (Å²) >= 11 is 17.9. The topological polar surface area (TPSA) is 66.5 Å². The molecule has 0 bridgehead atoms. The largest absolute Gasteiger partial charge is 0.324 e. The van der Waals surface area contributed by atoms with Crippen LogP contribution in [0.25, 0.3) is 0 Å². The summed E-state index contributed by atoms with van der Waals surface area (Å²) in [6.07, 6.45) is 0.0419. The lowest BCUT2D eigenvalue weighted by Gasteiger charge is -2.19.